The average molecular weight is 345 g/mol. The van der Waals surface area contributed by atoms with Crippen molar-refractivity contribution in [2.75, 3.05) is 23.7 Å². The molecule has 0 aliphatic heterocycles. The van der Waals surface area contributed by atoms with Gasteiger partial charge in [-0.15, -0.1) is 0 Å². The fraction of sp³-hybridized carbons (Fsp3) is 0.150. The number of carbonyl (C=O) groups excluding carboxylic acids is 1. The van der Waals surface area contributed by atoms with Gasteiger partial charge in [-0.2, -0.15) is 0 Å². The predicted octanol–water partition coefficient (Wildman–Crippen LogP) is 2.36. The molecule has 0 aliphatic carbocycles. The minimum atomic E-state index is -0.172. The lowest BCUT2D eigenvalue weighted by atomic mass is 10.1. The smallest absolute Gasteiger partial charge is 0.222 e. The molecule has 26 heavy (non-hydrogen) atoms. The maximum Gasteiger partial charge on any atom is 0.222 e. The molecule has 0 atom stereocenters. The van der Waals surface area contributed by atoms with Crippen molar-refractivity contribution in [2.24, 2.45) is 5.73 Å². The number of rotatable bonds is 4. The Morgan fingerprint density at radius 2 is 1.88 bits per heavy atom. The highest BCUT2D eigenvalue weighted by Crippen LogP contribution is 2.15. The summed E-state index contributed by atoms with van der Waals surface area (Å²) in [5.74, 6) is 6.51. The summed E-state index contributed by atoms with van der Waals surface area (Å²) in [6, 6.07) is 15.2. The van der Waals surface area contributed by atoms with E-state index < -0.39 is 0 Å². The Labute approximate surface area is 151 Å². The maximum absolute atomic E-state index is 11.2. The number of benzene rings is 1. The Morgan fingerprint density at radius 1 is 1.08 bits per heavy atom. The van der Waals surface area contributed by atoms with Gasteiger partial charge in [0, 0.05) is 36.7 Å². The number of carbonyl (C=O) groups is 1. The minimum Gasteiger partial charge on any atom is -0.383 e. The van der Waals surface area contributed by atoms with E-state index in [0.717, 1.165) is 16.6 Å². The Bertz CT molecular complexity index is 1000. The molecule has 0 bridgehead atoms. The number of hydrogen-bond acceptors (Lipinski definition) is 5. The van der Waals surface area contributed by atoms with Crippen LogP contribution in [0.5, 0.6) is 0 Å². The third kappa shape index (κ3) is 4.35. The molecule has 0 aliphatic rings. The third-order valence-corrected chi connectivity index (χ3v) is 3.57. The van der Waals surface area contributed by atoms with Crippen LogP contribution in [-0.4, -0.2) is 29.0 Å². The van der Waals surface area contributed by atoms with E-state index in [-0.39, 0.29) is 5.91 Å². The number of aromatic nitrogens is 2. The van der Waals surface area contributed by atoms with Gasteiger partial charge in [-0.05, 0) is 42.3 Å². The molecule has 0 saturated carbocycles. The van der Waals surface area contributed by atoms with Gasteiger partial charge in [-0.1, -0.05) is 18.1 Å². The van der Waals surface area contributed by atoms with Crippen molar-refractivity contribution < 1.29 is 4.79 Å². The quantitative estimate of drug-likeness (QED) is 0.631. The number of nitrogens with two attached hydrogens (primary N) is 1. The lowest BCUT2D eigenvalue weighted by Crippen LogP contribution is -2.13. The second kappa shape index (κ2) is 8.10. The van der Waals surface area contributed by atoms with Crippen molar-refractivity contribution in [3.63, 3.8) is 0 Å². The number of pyridine rings is 2. The number of para-hydroxylation sites is 1. The van der Waals surface area contributed by atoms with Crippen LogP contribution in [0.4, 0.5) is 11.5 Å². The van der Waals surface area contributed by atoms with Crippen molar-refractivity contribution in [1.29, 1.82) is 0 Å². The molecule has 6 nitrogen and oxygen atoms in total. The van der Waals surface area contributed by atoms with Gasteiger partial charge in [0.1, 0.15) is 11.5 Å². The predicted molar refractivity (Wildman–Crippen MR) is 104 cm³/mol. The highest BCUT2D eigenvalue weighted by Gasteiger charge is 2.02. The second-order valence-electron chi connectivity index (χ2n) is 5.63. The Morgan fingerprint density at radius 3 is 2.69 bits per heavy atom. The van der Waals surface area contributed by atoms with E-state index in [1.54, 1.807) is 6.07 Å². The molecule has 4 N–H and O–H groups in total. The third-order valence-electron chi connectivity index (χ3n) is 3.57. The monoisotopic (exact) mass is 345 g/mol. The van der Waals surface area contributed by atoms with E-state index in [1.807, 2.05) is 42.5 Å². The summed E-state index contributed by atoms with van der Waals surface area (Å²) in [5, 5.41) is 6.79. The van der Waals surface area contributed by atoms with Crippen LogP contribution in [0.2, 0.25) is 0 Å². The van der Waals surface area contributed by atoms with Crippen LogP contribution in [0.25, 0.3) is 11.0 Å². The molecule has 1 amide bonds. The van der Waals surface area contributed by atoms with Crippen LogP contribution < -0.4 is 16.4 Å². The topological polar surface area (TPSA) is 92.9 Å². The van der Waals surface area contributed by atoms with Crippen molar-refractivity contribution >= 4 is 28.4 Å². The van der Waals surface area contributed by atoms with Gasteiger partial charge in [0.25, 0.3) is 0 Å². The van der Waals surface area contributed by atoms with E-state index >= 15 is 0 Å². The van der Waals surface area contributed by atoms with Gasteiger partial charge in [0.15, 0.2) is 5.65 Å². The lowest BCUT2D eigenvalue weighted by molar-refractivity contribution is -0.114. The van der Waals surface area contributed by atoms with Crippen molar-refractivity contribution in [1.82, 2.24) is 9.97 Å². The fourth-order valence-electron chi connectivity index (χ4n) is 2.40. The first kappa shape index (κ1) is 17.4. The summed E-state index contributed by atoms with van der Waals surface area (Å²) in [4.78, 5) is 20.0. The number of anilines is 2. The SMILES string of the molecule is CC(=O)Nc1ccc2ccc(C#Cc3ccccc3NCCN)nc2n1. The van der Waals surface area contributed by atoms with Crippen LogP contribution in [-0.2, 0) is 4.79 Å². The first-order chi connectivity index (χ1) is 12.7. The van der Waals surface area contributed by atoms with Crippen LogP contribution in [0, 0.1) is 11.8 Å². The molecule has 6 heteroatoms. The summed E-state index contributed by atoms with van der Waals surface area (Å²) in [7, 11) is 0. The second-order valence-corrected chi connectivity index (χ2v) is 5.63. The Balaban J connectivity index is 1.90. The highest BCUT2D eigenvalue weighted by atomic mass is 16.1. The Hall–Kier alpha value is -3.43. The minimum absolute atomic E-state index is 0.172. The molecular formula is C20H19N5O. The molecule has 130 valence electrons. The number of amides is 1. The lowest BCUT2D eigenvalue weighted by Gasteiger charge is -2.06. The maximum atomic E-state index is 11.2. The fourth-order valence-corrected chi connectivity index (χ4v) is 2.40. The summed E-state index contributed by atoms with van der Waals surface area (Å²) in [6.07, 6.45) is 0. The zero-order valence-electron chi connectivity index (χ0n) is 14.4. The number of fused-ring (bicyclic) bond motifs is 1. The molecule has 0 unspecified atom stereocenters. The van der Waals surface area contributed by atoms with Gasteiger partial charge in [-0.25, -0.2) is 9.97 Å². The van der Waals surface area contributed by atoms with E-state index in [4.69, 9.17) is 5.73 Å². The van der Waals surface area contributed by atoms with Gasteiger partial charge >= 0.3 is 0 Å². The molecule has 3 rings (SSSR count). The average Bonchev–Trinajstić information content (AvgIpc) is 2.64. The molecule has 2 aromatic heterocycles. The number of nitrogens with zero attached hydrogens (tertiary/aromatic N) is 2. The zero-order valence-corrected chi connectivity index (χ0v) is 14.4. The first-order valence-corrected chi connectivity index (χ1v) is 8.26. The first-order valence-electron chi connectivity index (χ1n) is 8.26. The summed E-state index contributed by atoms with van der Waals surface area (Å²) < 4.78 is 0. The van der Waals surface area contributed by atoms with Crippen LogP contribution >= 0.6 is 0 Å². The molecule has 1 aromatic carbocycles. The van der Waals surface area contributed by atoms with E-state index in [2.05, 4.69) is 32.4 Å². The van der Waals surface area contributed by atoms with Gasteiger partial charge in [0.2, 0.25) is 5.91 Å². The summed E-state index contributed by atoms with van der Waals surface area (Å²) in [5.41, 5.74) is 8.51. The molecule has 3 aromatic rings. The van der Waals surface area contributed by atoms with Crippen molar-refractivity contribution in [2.45, 2.75) is 6.92 Å². The van der Waals surface area contributed by atoms with Crippen molar-refractivity contribution in [3.05, 3.63) is 59.8 Å². The molecule has 0 radical (unpaired) electrons. The molecule has 2 heterocycles. The van der Waals surface area contributed by atoms with Crippen LogP contribution in [0.15, 0.2) is 48.5 Å². The standard InChI is InChI=1S/C20H19N5O/c1-14(26)23-19-11-8-16-7-10-17(24-20(16)25-19)9-6-15-4-2-3-5-18(15)22-13-12-21/h2-5,7-8,10-11,22H,12-13,21H2,1H3,(H,23,24,25,26). The van der Waals surface area contributed by atoms with Gasteiger partial charge in [-0.3, -0.25) is 4.79 Å². The Kier molecular flexibility index (Phi) is 5.42. The van der Waals surface area contributed by atoms with E-state index in [0.29, 0.717) is 30.2 Å². The van der Waals surface area contributed by atoms with Crippen LogP contribution in [0.1, 0.15) is 18.2 Å². The molecule has 0 spiro atoms. The van der Waals surface area contributed by atoms with Gasteiger partial charge in [0.05, 0.1) is 0 Å². The molecule has 0 saturated heterocycles. The highest BCUT2D eigenvalue weighted by molar-refractivity contribution is 5.89. The van der Waals surface area contributed by atoms with Crippen LogP contribution in [0.3, 0.4) is 0 Å². The number of nitrogens with one attached hydrogen (secondary N) is 2. The summed E-state index contributed by atoms with van der Waals surface area (Å²) in [6.45, 7) is 2.68. The van der Waals surface area contributed by atoms with E-state index in [9.17, 15) is 4.79 Å². The van der Waals surface area contributed by atoms with Gasteiger partial charge < -0.3 is 16.4 Å². The zero-order chi connectivity index (χ0) is 18.4. The summed E-state index contributed by atoms with van der Waals surface area (Å²) >= 11 is 0. The normalized spacial score (nSPS) is 10.1. The van der Waals surface area contributed by atoms with E-state index in [1.165, 1.54) is 6.92 Å². The molecule has 0 fully saturated rings. The largest absolute Gasteiger partial charge is 0.383 e. The number of hydrogen-bond donors (Lipinski definition) is 3. The molecular weight excluding hydrogens is 326 g/mol. The van der Waals surface area contributed by atoms with Crippen molar-refractivity contribution in [3.8, 4) is 11.8 Å².